The van der Waals surface area contributed by atoms with Gasteiger partial charge in [0, 0.05) is 6.54 Å². The SMILES string of the molecule is O=C(CN1C(=O)NC2(CCNC2)C1=O)NCC(F)(F)F. The summed E-state index contributed by atoms with van der Waals surface area (Å²) in [6.45, 7) is -1.43. The van der Waals surface area contributed by atoms with Gasteiger partial charge in [0.25, 0.3) is 5.91 Å². The van der Waals surface area contributed by atoms with Crippen LogP contribution in [0.1, 0.15) is 6.42 Å². The highest BCUT2D eigenvalue weighted by molar-refractivity contribution is 6.09. The molecule has 20 heavy (non-hydrogen) atoms. The molecule has 0 radical (unpaired) electrons. The van der Waals surface area contributed by atoms with E-state index in [1.165, 1.54) is 0 Å². The Kier molecular flexibility index (Phi) is 3.59. The van der Waals surface area contributed by atoms with Crippen LogP contribution in [-0.2, 0) is 9.59 Å². The first kappa shape index (κ1) is 14.6. The van der Waals surface area contributed by atoms with Gasteiger partial charge in [-0.25, -0.2) is 4.79 Å². The van der Waals surface area contributed by atoms with Crippen LogP contribution in [0.2, 0.25) is 0 Å². The molecule has 2 aliphatic heterocycles. The summed E-state index contributed by atoms with van der Waals surface area (Å²) in [5, 5.41) is 7.01. The van der Waals surface area contributed by atoms with Crippen molar-refractivity contribution in [2.24, 2.45) is 0 Å². The van der Waals surface area contributed by atoms with E-state index in [0.29, 0.717) is 17.9 Å². The van der Waals surface area contributed by atoms with E-state index in [2.05, 4.69) is 10.6 Å². The number of imide groups is 1. The lowest BCUT2D eigenvalue weighted by Crippen LogP contribution is -2.49. The molecular formula is C10H13F3N4O3. The van der Waals surface area contributed by atoms with Crippen molar-refractivity contribution in [1.82, 2.24) is 20.9 Å². The van der Waals surface area contributed by atoms with Gasteiger partial charge in [0.15, 0.2) is 0 Å². The number of alkyl halides is 3. The summed E-state index contributed by atoms with van der Waals surface area (Å²) in [4.78, 5) is 35.7. The molecule has 112 valence electrons. The second-order valence-corrected chi connectivity index (χ2v) is 4.72. The van der Waals surface area contributed by atoms with Crippen LogP contribution >= 0.6 is 0 Å². The molecule has 10 heteroatoms. The summed E-state index contributed by atoms with van der Waals surface area (Å²) < 4.78 is 35.8. The Hall–Kier alpha value is -1.84. The van der Waals surface area contributed by atoms with Crippen LogP contribution in [-0.4, -0.2) is 60.6 Å². The number of amides is 4. The molecule has 0 aromatic rings. The highest BCUT2D eigenvalue weighted by Gasteiger charge is 2.53. The lowest BCUT2D eigenvalue weighted by molar-refractivity contribution is -0.141. The Morgan fingerprint density at radius 1 is 1.40 bits per heavy atom. The number of carbonyl (C=O) groups is 3. The molecular weight excluding hydrogens is 281 g/mol. The van der Waals surface area contributed by atoms with E-state index in [1.807, 2.05) is 0 Å². The van der Waals surface area contributed by atoms with Crippen molar-refractivity contribution in [3.63, 3.8) is 0 Å². The van der Waals surface area contributed by atoms with E-state index < -0.39 is 42.7 Å². The van der Waals surface area contributed by atoms with Gasteiger partial charge in [-0.05, 0) is 13.0 Å². The maximum absolute atomic E-state index is 12.1. The molecule has 7 nitrogen and oxygen atoms in total. The molecule has 0 aromatic carbocycles. The van der Waals surface area contributed by atoms with Crippen LogP contribution in [0.4, 0.5) is 18.0 Å². The zero-order valence-electron chi connectivity index (χ0n) is 10.3. The smallest absolute Gasteiger partial charge is 0.345 e. The average Bonchev–Trinajstić information content (AvgIpc) is 2.88. The van der Waals surface area contributed by atoms with Gasteiger partial charge in [0.1, 0.15) is 18.6 Å². The predicted octanol–water partition coefficient (Wildman–Crippen LogP) is -1.05. The van der Waals surface area contributed by atoms with E-state index in [0.717, 1.165) is 0 Å². The van der Waals surface area contributed by atoms with E-state index in [9.17, 15) is 27.6 Å². The number of rotatable bonds is 3. The number of nitrogens with zero attached hydrogens (tertiary/aromatic N) is 1. The van der Waals surface area contributed by atoms with E-state index in [-0.39, 0.29) is 6.54 Å². The molecule has 3 N–H and O–H groups in total. The molecule has 0 bridgehead atoms. The van der Waals surface area contributed by atoms with Crippen molar-refractivity contribution in [2.45, 2.75) is 18.1 Å². The van der Waals surface area contributed by atoms with Crippen LogP contribution in [0, 0.1) is 0 Å². The van der Waals surface area contributed by atoms with E-state index in [4.69, 9.17) is 0 Å². The quantitative estimate of drug-likeness (QED) is 0.579. The van der Waals surface area contributed by atoms with Crippen LogP contribution < -0.4 is 16.0 Å². The lowest BCUT2D eigenvalue weighted by Gasteiger charge is -2.19. The molecule has 2 heterocycles. The van der Waals surface area contributed by atoms with Crippen molar-refractivity contribution >= 4 is 17.8 Å². The normalized spacial score (nSPS) is 26.2. The molecule has 1 unspecified atom stereocenters. The minimum absolute atomic E-state index is 0.248. The summed E-state index contributed by atoms with van der Waals surface area (Å²) in [7, 11) is 0. The number of urea groups is 1. The lowest BCUT2D eigenvalue weighted by atomic mass is 9.99. The van der Waals surface area contributed by atoms with Crippen LogP contribution in [0.15, 0.2) is 0 Å². The molecule has 0 saturated carbocycles. The standard InChI is InChI=1S/C10H13F3N4O3/c11-10(12,13)5-15-6(18)3-17-7(19)9(16-8(17)20)1-2-14-4-9/h14H,1-5H2,(H,15,18)(H,16,20). The van der Waals surface area contributed by atoms with Gasteiger partial charge in [0.2, 0.25) is 5.91 Å². The highest BCUT2D eigenvalue weighted by atomic mass is 19.4. The summed E-state index contributed by atoms with van der Waals surface area (Å²) in [5.74, 6) is -1.62. The topological polar surface area (TPSA) is 90.5 Å². The predicted molar refractivity (Wildman–Crippen MR) is 59.5 cm³/mol. The number of nitrogens with one attached hydrogen (secondary N) is 3. The Balaban J connectivity index is 1.94. The second-order valence-electron chi connectivity index (χ2n) is 4.72. The van der Waals surface area contributed by atoms with Gasteiger partial charge in [0.05, 0.1) is 0 Å². The van der Waals surface area contributed by atoms with Crippen molar-refractivity contribution < 1.29 is 27.6 Å². The summed E-state index contributed by atoms with van der Waals surface area (Å²) in [6.07, 6.45) is -4.15. The first-order valence-electron chi connectivity index (χ1n) is 5.92. The Bertz CT molecular complexity index is 446. The fourth-order valence-electron chi connectivity index (χ4n) is 2.20. The van der Waals surface area contributed by atoms with Gasteiger partial charge in [-0.3, -0.25) is 14.5 Å². The minimum atomic E-state index is -4.54. The first-order valence-corrected chi connectivity index (χ1v) is 5.92. The van der Waals surface area contributed by atoms with Gasteiger partial charge in [-0.1, -0.05) is 0 Å². The highest BCUT2D eigenvalue weighted by Crippen LogP contribution is 2.23. The van der Waals surface area contributed by atoms with Crippen molar-refractivity contribution in [2.75, 3.05) is 26.2 Å². The maximum Gasteiger partial charge on any atom is 0.405 e. The molecule has 2 saturated heterocycles. The summed E-state index contributed by atoms with van der Waals surface area (Å²) >= 11 is 0. The van der Waals surface area contributed by atoms with Crippen molar-refractivity contribution in [3.8, 4) is 0 Å². The zero-order chi connectivity index (χ0) is 15.0. The fourth-order valence-corrected chi connectivity index (χ4v) is 2.20. The molecule has 1 atom stereocenters. The van der Waals surface area contributed by atoms with Gasteiger partial charge in [-0.2, -0.15) is 13.2 Å². The average molecular weight is 294 g/mol. The van der Waals surface area contributed by atoms with Crippen molar-refractivity contribution in [3.05, 3.63) is 0 Å². The Labute approximate surface area is 111 Å². The Morgan fingerprint density at radius 2 is 2.10 bits per heavy atom. The number of halogens is 3. The molecule has 0 aliphatic carbocycles. The van der Waals surface area contributed by atoms with Crippen LogP contribution in [0.5, 0.6) is 0 Å². The van der Waals surface area contributed by atoms with Gasteiger partial charge < -0.3 is 16.0 Å². The third kappa shape index (κ3) is 2.84. The second kappa shape index (κ2) is 4.93. The van der Waals surface area contributed by atoms with Gasteiger partial charge in [-0.15, -0.1) is 0 Å². The number of carbonyl (C=O) groups excluding carboxylic acids is 3. The summed E-state index contributed by atoms with van der Waals surface area (Å²) in [6, 6.07) is -0.763. The molecule has 2 rings (SSSR count). The maximum atomic E-state index is 12.1. The largest absolute Gasteiger partial charge is 0.405 e. The molecule has 1 spiro atoms. The van der Waals surface area contributed by atoms with E-state index >= 15 is 0 Å². The summed E-state index contributed by atoms with van der Waals surface area (Å²) in [5.41, 5.74) is -1.07. The van der Waals surface area contributed by atoms with Crippen LogP contribution in [0.25, 0.3) is 0 Å². The first-order chi connectivity index (χ1) is 9.23. The van der Waals surface area contributed by atoms with Gasteiger partial charge >= 0.3 is 12.2 Å². The minimum Gasteiger partial charge on any atom is -0.345 e. The van der Waals surface area contributed by atoms with Crippen molar-refractivity contribution in [1.29, 1.82) is 0 Å². The number of hydrogen-bond donors (Lipinski definition) is 3. The third-order valence-corrected chi connectivity index (χ3v) is 3.19. The Morgan fingerprint density at radius 3 is 2.65 bits per heavy atom. The zero-order valence-corrected chi connectivity index (χ0v) is 10.3. The molecule has 4 amide bonds. The molecule has 0 aromatic heterocycles. The molecule has 2 fully saturated rings. The molecule has 2 aliphatic rings. The number of hydrogen-bond acceptors (Lipinski definition) is 4. The fraction of sp³-hybridized carbons (Fsp3) is 0.700. The van der Waals surface area contributed by atoms with Crippen LogP contribution in [0.3, 0.4) is 0 Å². The third-order valence-electron chi connectivity index (χ3n) is 3.19. The monoisotopic (exact) mass is 294 g/mol. The van der Waals surface area contributed by atoms with E-state index in [1.54, 1.807) is 5.32 Å².